The predicted octanol–water partition coefficient (Wildman–Crippen LogP) is 3.53. The maximum Gasteiger partial charge on any atom is 0.335 e. The molecule has 0 saturated carbocycles. The van der Waals surface area contributed by atoms with Crippen molar-refractivity contribution in [1.29, 1.82) is 0 Å². The number of aryl methyl sites for hydroxylation is 1. The molecule has 8 heteroatoms. The molecule has 1 saturated heterocycles. The molecule has 0 aliphatic carbocycles. The quantitative estimate of drug-likeness (QED) is 0.577. The Hall–Kier alpha value is -2.97. The summed E-state index contributed by atoms with van der Waals surface area (Å²) in [5, 5.41) is 11.6. The van der Waals surface area contributed by atoms with Crippen LogP contribution in [0.2, 0.25) is 0 Å². The summed E-state index contributed by atoms with van der Waals surface area (Å²) in [7, 11) is 0. The highest BCUT2D eigenvalue weighted by Crippen LogP contribution is 2.32. The molecule has 0 spiro atoms. The van der Waals surface area contributed by atoms with Crippen molar-refractivity contribution in [2.24, 2.45) is 0 Å². The zero-order valence-electron chi connectivity index (χ0n) is 14.8. The van der Waals surface area contributed by atoms with E-state index >= 15 is 0 Å². The minimum Gasteiger partial charge on any atom is -0.478 e. The molecule has 1 aliphatic heterocycles. The second-order valence-electron chi connectivity index (χ2n) is 6.12. The molecule has 0 unspecified atom stereocenters. The van der Waals surface area contributed by atoms with Crippen LogP contribution in [0.25, 0.3) is 6.08 Å². The van der Waals surface area contributed by atoms with E-state index in [1.165, 1.54) is 23.1 Å². The summed E-state index contributed by atoms with van der Waals surface area (Å²) in [4.78, 5) is 37.6. The molecule has 1 fully saturated rings. The number of carboxylic acids is 1. The summed E-state index contributed by atoms with van der Waals surface area (Å²) in [6, 6.07) is 13.6. The first-order valence-electron chi connectivity index (χ1n) is 8.29. The van der Waals surface area contributed by atoms with Crippen LogP contribution in [-0.2, 0) is 9.59 Å². The van der Waals surface area contributed by atoms with Gasteiger partial charge in [-0.15, -0.1) is 0 Å². The van der Waals surface area contributed by atoms with Gasteiger partial charge in [-0.3, -0.25) is 14.5 Å². The number of thioether (sulfide) groups is 1. The van der Waals surface area contributed by atoms with Crippen molar-refractivity contribution in [3.05, 3.63) is 70.1 Å². The van der Waals surface area contributed by atoms with Gasteiger partial charge in [0.25, 0.3) is 5.91 Å². The first-order chi connectivity index (χ1) is 13.3. The maximum absolute atomic E-state index is 12.6. The standard InChI is InChI=1S/C20H16N2O4S2/c1-12-4-2-5-13(8-12)9-16-18(24)22(20(27)28-16)11-17(23)21-15-7-3-6-14(10-15)19(25)26/h2-10H,11H2,1H3,(H,21,23)(H,25,26)/b16-9-. The summed E-state index contributed by atoms with van der Waals surface area (Å²) in [5.41, 5.74) is 2.36. The van der Waals surface area contributed by atoms with E-state index in [1.54, 1.807) is 12.1 Å². The van der Waals surface area contributed by atoms with Crippen LogP contribution in [0.15, 0.2) is 53.4 Å². The summed E-state index contributed by atoms with van der Waals surface area (Å²) >= 11 is 6.39. The monoisotopic (exact) mass is 412 g/mol. The Balaban J connectivity index is 1.69. The molecular weight excluding hydrogens is 396 g/mol. The van der Waals surface area contributed by atoms with Crippen molar-refractivity contribution >= 4 is 57.8 Å². The number of amides is 2. The van der Waals surface area contributed by atoms with Crippen LogP contribution >= 0.6 is 24.0 Å². The number of carbonyl (C=O) groups is 3. The van der Waals surface area contributed by atoms with Crippen molar-refractivity contribution < 1.29 is 19.5 Å². The smallest absolute Gasteiger partial charge is 0.335 e. The lowest BCUT2D eigenvalue weighted by atomic mass is 10.1. The zero-order chi connectivity index (χ0) is 20.3. The molecule has 2 N–H and O–H groups in total. The van der Waals surface area contributed by atoms with E-state index in [9.17, 15) is 14.4 Å². The minimum atomic E-state index is -1.09. The normalized spacial score (nSPS) is 15.2. The summed E-state index contributed by atoms with van der Waals surface area (Å²) in [6.45, 7) is 1.72. The van der Waals surface area contributed by atoms with Gasteiger partial charge in [0.2, 0.25) is 5.91 Å². The number of benzene rings is 2. The third-order valence-corrected chi connectivity index (χ3v) is 5.29. The number of hydrogen-bond donors (Lipinski definition) is 2. The van der Waals surface area contributed by atoms with E-state index in [4.69, 9.17) is 17.3 Å². The lowest BCUT2D eigenvalue weighted by Crippen LogP contribution is -2.36. The number of rotatable bonds is 5. The average Bonchev–Trinajstić information content (AvgIpc) is 2.89. The lowest BCUT2D eigenvalue weighted by Gasteiger charge is -2.14. The SMILES string of the molecule is Cc1cccc(/C=C2\SC(=S)N(CC(=O)Nc3cccc(C(=O)O)c3)C2=O)c1. The molecule has 142 valence electrons. The number of aromatic carboxylic acids is 1. The van der Waals surface area contributed by atoms with E-state index in [0.29, 0.717) is 14.9 Å². The molecule has 28 heavy (non-hydrogen) atoms. The Bertz CT molecular complexity index is 1020. The van der Waals surface area contributed by atoms with Crippen molar-refractivity contribution in [3.8, 4) is 0 Å². The van der Waals surface area contributed by atoms with Gasteiger partial charge in [0.1, 0.15) is 10.9 Å². The van der Waals surface area contributed by atoms with Gasteiger partial charge >= 0.3 is 5.97 Å². The fraction of sp³-hybridized carbons (Fsp3) is 0.100. The van der Waals surface area contributed by atoms with Crippen LogP contribution in [-0.4, -0.2) is 38.7 Å². The molecule has 1 heterocycles. The minimum absolute atomic E-state index is 0.0597. The van der Waals surface area contributed by atoms with Gasteiger partial charge in [-0.2, -0.15) is 0 Å². The number of carbonyl (C=O) groups excluding carboxylic acids is 2. The van der Waals surface area contributed by atoms with E-state index < -0.39 is 11.9 Å². The number of hydrogen-bond acceptors (Lipinski definition) is 5. The van der Waals surface area contributed by atoms with Crippen LogP contribution in [0.1, 0.15) is 21.5 Å². The molecule has 0 atom stereocenters. The highest BCUT2D eigenvalue weighted by Gasteiger charge is 2.33. The second kappa shape index (κ2) is 8.37. The molecule has 1 aliphatic rings. The molecule has 2 amide bonds. The van der Waals surface area contributed by atoms with Crippen LogP contribution < -0.4 is 5.32 Å². The van der Waals surface area contributed by atoms with Crippen molar-refractivity contribution in [1.82, 2.24) is 4.90 Å². The van der Waals surface area contributed by atoms with Crippen LogP contribution in [0, 0.1) is 6.92 Å². The first kappa shape index (κ1) is 19.8. The van der Waals surface area contributed by atoms with E-state index in [2.05, 4.69) is 5.32 Å². The molecule has 3 rings (SSSR count). The van der Waals surface area contributed by atoms with Crippen molar-refractivity contribution in [3.63, 3.8) is 0 Å². The Morgan fingerprint density at radius 1 is 1.21 bits per heavy atom. The van der Waals surface area contributed by atoms with Gasteiger partial charge in [0.15, 0.2) is 0 Å². The number of nitrogens with zero attached hydrogens (tertiary/aromatic N) is 1. The molecule has 6 nitrogen and oxygen atoms in total. The van der Waals surface area contributed by atoms with Gasteiger partial charge in [-0.1, -0.05) is 59.9 Å². The fourth-order valence-corrected chi connectivity index (χ4v) is 3.88. The summed E-state index contributed by atoms with van der Waals surface area (Å²) in [6.07, 6.45) is 1.75. The maximum atomic E-state index is 12.6. The summed E-state index contributed by atoms with van der Waals surface area (Å²) in [5.74, 6) is -1.88. The molecule has 0 radical (unpaired) electrons. The van der Waals surface area contributed by atoms with E-state index in [-0.39, 0.29) is 18.0 Å². The molecule has 2 aromatic carbocycles. The van der Waals surface area contributed by atoms with Crippen LogP contribution in [0.5, 0.6) is 0 Å². The highest BCUT2D eigenvalue weighted by atomic mass is 32.2. The fourth-order valence-electron chi connectivity index (χ4n) is 2.62. The Morgan fingerprint density at radius 3 is 2.68 bits per heavy atom. The van der Waals surface area contributed by atoms with Gasteiger partial charge in [-0.25, -0.2) is 4.79 Å². The lowest BCUT2D eigenvalue weighted by molar-refractivity contribution is -0.126. The third kappa shape index (κ3) is 4.65. The number of carboxylic acid groups (broad SMARTS) is 1. The first-order valence-corrected chi connectivity index (χ1v) is 9.51. The van der Waals surface area contributed by atoms with Crippen LogP contribution in [0.4, 0.5) is 5.69 Å². The van der Waals surface area contributed by atoms with Crippen molar-refractivity contribution in [2.45, 2.75) is 6.92 Å². The van der Waals surface area contributed by atoms with Gasteiger partial charge < -0.3 is 10.4 Å². The summed E-state index contributed by atoms with van der Waals surface area (Å²) < 4.78 is 0.304. The van der Waals surface area contributed by atoms with Gasteiger partial charge in [0, 0.05) is 5.69 Å². The number of anilines is 1. The predicted molar refractivity (Wildman–Crippen MR) is 113 cm³/mol. The topological polar surface area (TPSA) is 86.7 Å². The number of nitrogens with one attached hydrogen (secondary N) is 1. The molecule has 2 aromatic rings. The highest BCUT2D eigenvalue weighted by molar-refractivity contribution is 8.26. The molecule has 0 aromatic heterocycles. The van der Waals surface area contributed by atoms with E-state index in [1.807, 2.05) is 31.2 Å². The molecular formula is C20H16N2O4S2. The average molecular weight is 412 g/mol. The Kier molecular flexibility index (Phi) is 5.91. The van der Waals surface area contributed by atoms with E-state index in [0.717, 1.165) is 22.9 Å². The van der Waals surface area contributed by atoms with Crippen LogP contribution in [0.3, 0.4) is 0 Å². The zero-order valence-corrected chi connectivity index (χ0v) is 16.5. The molecule has 0 bridgehead atoms. The largest absolute Gasteiger partial charge is 0.478 e. The Morgan fingerprint density at radius 2 is 1.96 bits per heavy atom. The number of thiocarbonyl (C=S) groups is 1. The van der Waals surface area contributed by atoms with Gasteiger partial charge in [-0.05, 0) is 36.8 Å². The van der Waals surface area contributed by atoms with Gasteiger partial charge in [0.05, 0.1) is 10.5 Å². The second-order valence-corrected chi connectivity index (χ2v) is 7.79. The van der Waals surface area contributed by atoms with Crippen molar-refractivity contribution in [2.75, 3.05) is 11.9 Å². The Labute approximate surface area is 171 Å². The third-order valence-electron chi connectivity index (χ3n) is 3.91.